The first-order chi connectivity index (χ1) is 6.76. The molecule has 0 spiro atoms. The Morgan fingerprint density at radius 2 is 2.29 bits per heavy atom. The Hall–Kier alpha value is -0.790. The van der Waals surface area contributed by atoms with E-state index in [9.17, 15) is 4.79 Å². The SMILES string of the molecule is CCC(=O)NC1CCC=C(CC)CC1. The van der Waals surface area contributed by atoms with E-state index in [1.807, 2.05) is 6.92 Å². The fourth-order valence-electron chi connectivity index (χ4n) is 1.89. The van der Waals surface area contributed by atoms with E-state index in [1.165, 1.54) is 0 Å². The van der Waals surface area contributed by atoms with Gasteiger partial charge < -0.3 is 5.32 Å². The lowest BCUT2D eigenvalue weighted by molar-refractivity contribution is -0.121. The quantitative estimate of drug-likeness (QED) is 0.689. The van der Waals surface area contributed by atoms with Crippen molar-refractivity contribution in [2.45, 2.75) is 58.4 Å². The van der Waals surface area contributed by atoms with E-state index in [0.717, 1.165) is 32.1 Å². The molecule has 2 heteroatoms. The lowest BCUT2D eigenvalue weighted by atomic mass is 10.1. The van der Waals surface area contributed by atoms with Crippen LogP contribution in [0.4, 0.5) is 0 Å². The molecule has 1 aliphatic carbocycles. The Kier molecular flexibility index (Phi) is 4.71. The van der Waals surface area contributed by atoms with Gasteiger partial charge >= 0.3 is 0 Å². The minimum atomic E-state index is 0.190. The van der Waals surface area contributed by atoms with Crippen molar-refractivity contribution in [2.24, 2.45) is 0 Å². The van der Waals surface area contributed by atoms with Crippen molar-refractivity contribution in [3.63, 3.8) is 0 Å². The second-order valence-electron chi connectivity index (χ2n) is 3.95. The zero-order valence-electron chi connectivity index (χ0n) is 9.31. The van der Waals surface area contributed by atoms with Crippen LogP contribution in [-0.2, 0) is 4.79 Å². The Bertz CT molecular complexity index is 220. The molecule has 0 radical (unpaired) electrons. The van der Waals surface area contributed by atoms with Gasteiger partial charge in [-0.1, -0.05) is 25.5 Å². The lowest BCUT2D eigenvalue weighted by Gasteiger charge is -2.15. The molecular formula is C12H21NO. The van der Waals surface area contributed by atoms with Crippen molar-refractivity contribution in [3.8, 4) is 0 Å². The van der Waals surface area contributed by atoms with E-state index in [0.29, 0.717) is 12.5 Å². The van der Waals surface area contributed by atoms with E-state index in [1.54, 1.807) is 5.57 Å². The number of amides is 1. The number of nitrogens with one attached hydrogen (secondary N) is 1. The molecule has 0 aromatic carbocycles. The molecule has 0 aromatic rings. The van der Waals surface area contributed by atoms with Gasteiger partial charge in [0.2, 0.25) is 5.91 Å². The summed E-state index contributed by atoms with van der Waals surface area (Å²) in [5.41, 5.74) is 1.55. The van der Waals surface area contributed by atoms with Crippen LogP contribution in [0.15, 0.2) is 11.6 Å². The number of allylic oxidation sites excluding steroid dienone is 2. The highest BCUT2D eigenvalue weighted by Gasteiger charge is 2.13. The van der Waals surface area contributed by atoms with Gasteiger partial charge in [0.1, 0.15) is 0 Å². The van der Waals surface area contributed by atoms with Crippen molar-refractivity contribution in [2.75, 3.05) is 0 Å². The molecule has 0 aliphatic heterocycles. The van der Waals surface area contributed by atoms with Gasteiger partial charge in [-0.05, 0) is 32.1 Å². The maximum atomic E-state index is 11.2. The molecule has 1 aliphatic rings. The molecule has 0 saturated heterocycles. The maximum absolute atomic E-state index is 11.2. The molecule has 14 heavy (non-hydrogen) atoms. The van der Waals surface area contributed by atoms with Gasteiger partial charge in [0, 0.05) is 12.5 Å². The standard InChI is InChI=1S/C12H21NO/c1-3-10-6-5-7-11(9-8-10)13-12(14)4-2/h6,11H,3-5,7-9H2,1-2H3,(H,13,14). The predicted molar refractivity (Wildman–Crippen MR) is 59.1 cm³/mol. The van der Waals surface area contributed by atoms with Gasteiger partial charge in [-0.25, -0.2) is 0 Å². The first-order valence-corrected chi connectivity index (χ1v) is 5.73. The van der Waals surface area contributed by atoms with Crippen molar-refractivity contribution in [1.29, 1.82) is 0 Å². The molecule has 1 amide bonds. The Labute approximate surface area is 86.8 Å². The summed E-state index contributed by atoms with van der Waals surface area (Å²) >= 11 is 0. The molecule has 1 N–H and O–H groups in total. The third kappa shape index (κ3) is 3.52. The fourth-order valence-corrected chi connectivity index (χ4v) is 1.89. The van der Waals surface area contributed by atoms with Crippen LogP contribution in [0.2, 0.25) is 0 Å². The molecular weight excluding hydrogens is 174 g/mol. The first kappa shape index (κ1) is 11.3. The fraction of sp³-hybridized carbons (Fsp3) is 0.750. The Morgan fingerprint density at radius 1 is 1.50 bits per heavy atom. The summed E-state index contributed by atoms with van der Waals surface area (Å²) in [5.74, 6) is 0.190. The third-order valence-electron chi connectivity index (χ3n) is 2.90. The molecule has 1 unspecified atom stereocenters. The van der Waals surface area contributed by atoms with Crippen molar-refractivity contribution in [1.82, 2.24) is 5.32 Å². The van der Waals surface area contributed by atoms with E-state index < -0.39 is 0 Å². The summed E-state index contributed by atoms with van der Waals surface area (Å²) < 4.78 is 0. The largest absolute Gasteiger partial charge is 0.353 e. The third-order valence-corrected chi connectivity index (χ3v) is 2.90. The summed E-state index contributed by atoms with van der Waals surface area (Å²) in [4.78, 5) is 11.2. The Balaban J connectivity index is 2.35. The Morgan fingerprint density at radius 3 is 2.93 bits per heavy atom. The summed E-state index contributed by atoms with van der Waals surface area (Å²) in [6.07, 6.45) is 8.61. The number of carbonyl (C=O) groups excluding carboxylic acids is 1. The van der Waals surface area contributed by atoms with Gasteiger partial charge in [-0.3, -0.25) is 4.79 Å². The molecule has 0 heterocycles. The van der Waals surface area contributed by atoms with Gasteiger partial charge in [0.25, 0.3) is 0 Å². The first-order valence-electron chi connectivity index (χ1n) is 5.73. The molecule has 2 nitrogen and oxygen atoms in total. The number of hydrogen-bond donors (Lipinski definition) is 1. The summed E-state index contributed by atoms with van der Waals surface area (Å²) in [7, 11) is 0. The molecule has 0 saturated carbocycles. The normalized spacial score (nSPS) is 22.4. The average molecular weight is 195 g/mol. The zero-order chi connectivity index (χ0) is 10.4. The number of carbonyl (C=O) groups is 1. The molecule has 80 valence electrons. The van der Waals surface area contributed by atoms with E-state index in [-0.39, 0.29) is 5.91 Å². The molecule has 0 bridgehead atoms. The van der Waals surface area contributed by atoms with Gasteiger partial charge in [-0.15, -0.1) is 0 Å². The van der Waals surface area contributed by atoms with Gasteiger partial charge in [0.15, 0.2) is 0 Å². The topological polar surface area (TPSA) is 29.1 Å². The minimum absolute atomic E-state index is 0.190. The number of hydrogen-bond acceptors (Lipinski definition) is 1. The van der Waals surface area contributed by atoms with Crippen LogP contribution in [0.1, 0.15) is 52.4 Å². The summed E-state index contributed by atoms with van der Waals surface area (Å²) in [5, 5.41) is 3.08. The van der Waals surface area contributed by atoms with Crippen LogP contribution in [0.25, 0.3) is 0 Å². The van der Waals surface area contributed by atoms with Crippen LogP contribution >= 0.6 is 0 Å². The predicted octanol–water partition coefficient (Wildman–Crippen LogP) is 2.79. The lowest BCUT2D eigenvalue weighted by Crippen LogP contribution is -2.33. The summed E-state index contributed by atoms with van der Waals surface area (Å²) in [6, 6.07) is 0.405. The van der Waals surface area contributed by atoms with Crippen molar-refractivity contribution < 1.29 is 4.79 Å². The van der Waals surface area contributed by atoms with Gasteiger partial charge in [-0.2, -0.15) is 0 Å². The molecule has 0 fully saturated rings. The minimum Gasteiger partial charge on any atom is -0.353 e. The smallest absolute Gasteiger partial charge is 0.219 e. The summed E-state index contributed by atoms with van der Waals surface area (Å²) in [6.45, 7) is 4.11. The van der Waals surface area contributed by atoms with E-state index in [2.05, 4.69) is 18.3 Å². The monoisotopic (exact) mass is 195 g/mol. The van der Waals surface area contributed by atoms with E-state index >= 15 is 0 Å². The molecule has 1 rings (SSSR count). The van der Waals surface area contributed by atoms with E-state index in [4.69, 9.17) is 0 Å². The van der Waals surface area contributed by atoms with Crippen LogP contribution < -0.4 is 5.32 Å². The molecule has 0 aromatic heterocycles. The second kappa shape index (κ2) is 5.84. The molecule has 1 atom stereocenters. The van der Waals surface area contributed by atoms with Gasteiger partial charge in [0.05, 0.1) is 0 Å². The average Bonchev–Trinajstić information content (AvgIpc) is 2.43. The zero-order valence-corrected chi connectivity index (χ0v) is 9.31. The number of rotatable bonds is 3. The van der Waals surface area contributed by atoms with Crippen LogP contribution in [0, 0.1) is 0 Å². The van der Waals surface area contributed by atoms with Crippen molar-refractivity contribution >= 4 is 5.91 Å². The maximum Gasteiger partial charge on any atom is 0.219 e. The second-order valence-corrected chi connectivity index (χ2v) is 3.95. The van der Waals surface area contributed by atoms with Crippen LogP contribution in [0.3, 0.4) is 0 Å². The highest BCUT2D eigenvalue weighted by atomic mass is 16.1. The highest BCUT2D eigenvalue weighted by molar-refractivity contribution is 5.75. The van der Waals surface area contributed by atoms with Crippen LogP contribution in [-0.4, -0.2) is 11.9 Å². The van der Waals surface area contributed by atoms with Crippen molar-refractivity contribution in [3.05, 3.63) is 11.6 Å². The highest BCUT2D eigenvalue weighted by Crippen LogP contribution is 2.19. The van der Waals surface area contributed by atoms with Crippen LogP contribution in [0.5, 0.6) is 0 Å².